The first-order valence-electron chi connectivity index (χ1n) is 8.10. The second-order valence-corrected chi connectivity index (χ2v) is 8.22. The molecule has 0 spiro atoms. The van der Waals surface area contributed by atoms with Crippen LogP contribution in [0.4, 0.5) is 5.13 Å². The van der Waals surface area contributed by atoms with Gasteiger partial charge in [0.15, 0.2) is 5.13 Å². The fraction of sp³-hybridized carbons (Fsp3) is 0.529. The van der Waals surface area contributed by atoms with Crippen LogP contribution in [-0.4, -0.2) is 29.0 Å². The molecular formula is C17H22N2O2S2. The van der Waals surface area contributed by atoms with Gasteiger partial charge in [0.05, 0.1) is 17.3 Å². The Morgan fingerprint density at radius 3 is 3.00 bits per heavy atom. The van der Waals surface area contributed by atoms with Gasteiger partial charge in [0.2, 0.25) is 5.91 Å². The van der Waals surface area contributed by atoms with Crippen LogP contribution in [0.25, 0.3) is 10.2 Å². The zero-order valence-electron chi connectivity index (χ0n) is 13.3. The highest BCUT2D eigenvalue weighted by atomic mass is 32.2. The third-order valence-corrected chi connectivity index (χ3v) is 6.39. The number of amides is 1. The lowest BCUT2D eigenvalue weighted by Gasteiger charge is -2.20. The van der Waals surface area contributed by atoms with Crippen molar-refractivity contribution in [2.45, 2.75) is 43.8 Å². The first-order chi connectivity index (χ1) is 11.2. The molecular weight excluding hydrogens is 328 g/mol. The van der Waals surface area contributed by atoms with Gasteiger partial charge >= 0.3 is 0 Å². The van der Waals surface area contributed by atoms with Crippen LogP contribution in [0.1, 0.15) is 38.5 Å². The van der Waals surface area contributed by atoms with E-state index in [2.05, 4.69) is 10.3 Å². The maximum absolute atomic E-state index is 12.1. The van der Waals surface area contributed by atoms with E-state index in [9.17, 15) is 4.79 Å². The van der Waals surface area contributed by atoms with Crippen molar-refractivity contribution in [1.29, 1.82) is 0 Å². The average molecular weight is 351 g/mol. The van der Waals surface area contributed by atoms with Crippen LogP contribution in [0.5, 0.6) is 5.75 Å². The number of benzene rings is 1. The molecule has 1 N–H and O–H groups in total. The average Bonchev–Trinajstić information content (AvgIpc) is 2.96. The molecule has 1 aliphatic rings. The van der Waals surface area contributed by atoms with E-state index >= 15 is 0 Å². The Balaban J connectivity index is 1.49. The number of hydrogen-bond acceptors (Lipinski definition) is 5. The van der Waals surface area contributed by atoms with E-state index in [4.69, 9.17) is 4.74 Å². The van der Waals surface area contributed by atoms with Gasteiger partial charge in [-0.1, -0.05) is 30.6 Å². The molecule has 124 valence electrons. The molecule has 1 heterocycles. The predicted octanol–water partition coefficient (Wildman–Crippen LogP) is 4.70. The summed E-state index contributed by atoms with van der Waals surface area (Å²) in [6, 6.07) is 5.75. The molecule has 3 rings (SSSR count). The number of carbonyl (C=O) groups excluding carboxylic acids is 1. The van der Waals surface area contributed by atoms with Gasteiger partial charge in [0.25, 0.3) is 0 Å². The van der Waals surface area contributed by atoms with Gasteiger partial charge in [0.1, 0.15) is 5.75 Å². The molecule has 1 aromatic heterocycles. The minimum Gasteiger partial charge on any atom is -0.497 e. The van der Waals surface area contributed by atoms with Crippen LogP contribution in [0, 0.1) is 0 Å². The summed E-state index contributed by atoms with van der Waals surface area (Å²) < 4.78 is 6.24. The first kappa shape index (κ1) is 16.6. The van der Waals surface area contributed by atoms with E-state index in [-0.39, 0.29) is 5.91 Å². The molecule has 1 fully saturated rings. The highest BCUT2D eigenvalue weighted by molar-refractivity contribution is 7.99. The van der Waals surface area contributed by atoms with Crippen molar-refractivity contribution in [3.63, 3.8) is 0 Å². The number of carbonyl (C=O) groups is 1. The zero-order chi connectivity index (χ0) is 16.1. The number of hydrogen-bond donors (Lipinski definition) is 1. The summed E-state index contributed by atoms with van der Waals surface area (Å²) in [6.45, 7) is 0. The molecule has 0 bridgehead atoms. The van der Waals surface area contributed by atoms with Crippen molar-refractivity contribution < 1.29 is 9.53 Å². The number of methoxy groups -OCH3 is 1. The molecule has 2 aromatic rings. The summed E-state index contributed by atoms with van der Waals surface area (Å²) in [5.74, 6) is 1.76. The summed E-state index contributed by atoms with van der Waals surface area (Å²) in [6.07, 6.45) is 7.25. The Morgan fingerprint density at radius 1 is 1.39 bits per heavy atom. The van der Waals surface area contributed by atoms with Gasteiger partial charge < -0.3 is 10.1 Å². The summed E-state index contributed by atoms with van der Waals surface area (Å²) in [5, 5.41) is 4.34. The third-order valence-electron chi connectivity index (χ3n) is 4.08. The van der Waals surface area contributed by atoms with E-state index in [1.54, 1.807) is 7.11 Å². The Labute approximate surface area is 145 Å². The molecule has 0 radical (unpaired) electrons. The molecule has 0 saturated heterocycles. The topological polar surface area (TPSA) is 51.2 Å². The van der Waals surface area contributed by atoms with Crippen molar-refractivity contribution in [2.75, 3.05) is 18.2 Å². The highest BCUT2D eigenvalue weighted by Crippen LogP contribution is 2.30. The van der Waals surface area contributed by atoms with Crippen molar-refractivity contribution >= 4 is 44.4 Å². The lowest BCUT2D eigenvalue weighted by Crippen LogP contribution is -2.14. The van der Waals surface area contributed by atoms with Crippen molar-refractivity contribution in [3.05, 3.63) is 18.2 Å². The molecule has 23 heavy (non-hydrogen) atoms. The van der Waals surface area contributed by atoms with Crippen LogP contribution in [0.15, 0.2) is 18.2 Å². The molecule has 0 aliphatic heterocycles. The van der Waals surface area contributed by atoms with E-state index in [1.165, 1.54) is 43.4 Å². The Hall–Kier alpha value is -1.27. The molecule has 6 heteroatoms. The Kier molecular flexibility index (Phi) is 5.78. The second kappa shape index (κ2) is 8.02. The lowest BCUT2D eigenvalue weighted by molar-refractivity contribution is -0.115. The summed E-state index contributed by atoms with van der Waals surface area (Å²) >= 11 is 3.44. The molecule has 1 amide bonds. The van der Waals surface area contributed by atoms with Crippen molar-refractivity contribution in [3.8, 4) is 5.75 Å². The zero-order valence-corrected chi connectivity index (χ0v) is 15.0. The van der Waals surface area contributed by atoms with Gasteiger partial charge in [0, 0.05) is 17.4 Å². The third kappa shape index (κ3) is 4.61. The van der Waals surface area contributed by atoms with E-state index < -0.39 is 0 Å². The van der Waals surface area contributed by atoms with Crippen molar-refractivity contribution in [1.82, 2.24) is 4.98 Å². The number of anilines is 1. The number of thiazole rings is 1. The van der Waals surface area contributed by atoms with Crippen LogP contribution in [0.2, 0.25) is 0 Å². The van der Waals surface area contributed by atoms with Gasteiger partial charge in [-0.25, -0.2) is 4.98 Å². The summed E-state index contributed by atoms with van der Waals surface area (Å²) in [5.41, 5.74) is 0.891. The molecule has 4 nitrogen and oxygen atoms in total. The molecule has 1 saturated carbocycles. The molecule has 0 atom stereocenters. The maximum atomic E-state index is 12.1. The number of thioether (sulfide) groups is 1. The van der Waals surface area contributed by atoms with Crippen LogP contribution in [0.3, 0.4) is 0 Å². The van der Waals surface area contributed by atoms with Gasteiger partial charge in [-0.05, 0) is 31.0 Å². The standard InChI is InChI=1S/C17H22N2O2S2/c1-21-12-7-8-14-15(11-12)23-17(18-14)19-16(20)9-10-22-13-5-3-2-4-6-13/h7-8,11,13H,2-6,9-10H2,1H3,(H,18,19,20). The fourth-order valence-electron chi connectivity index (χ4n) is 2.82. The number of nitrogens with one attached hydrogen (secondary N) is 1. The SMILES string of the molecule is COc1ccc2nc(NC(=O)CCSC3CCCCC3)sc2c1. The quantitative estimate of drug-likeness (QED) is 0.820. The van der Waals surface area contributed by atoms with Gasteiger partial charge in [-0.15, -0.1) is 0 Å². The van der Waals surface area contributed by atoms with E-state index in [0.29, 0.717) is 11.6 Å². The Morgan fingerprint density at radius 2 is 2.22 bits per heavy atom. The summed E-state index contributed by atoms with van der Waals surface area (Å²) in [7, 11) is 1.65. The van der Waals surface area contributed by atoms with Gasteiger partial charge in [-0.3, -0.25) is 4.79 Å². The lowest BCUT2D eigenvalue weighted by atomic mass is 10.0. The van der Waals surface area contributed by atoms with E-state index in [1.807, 2.05) is 30.0 Å². The number of aromatic nitrogens is 1. The largest absolute Gasteiger partial charge is 0.497 e. The minimum absolute atomic E-state index is 0.0549. The number of fused-ring (bicyclic) bond motifs is 1. The van der Waals surface area contributed by atoms with Crippen molar-refractivity contribution in [2.24, 2.45) is 0 Å². The second-order valence-electron chi connectivity index (χ2n) is 5.78. The van der Waals surface area contributed by atoms with Crippen LogP contribution < -0.4 is 10.1 Å². The first-order valence-corrected chi connectivity index (χ1v) is 9.97. The number of ether oxygens (including phenoxy) is 1. The normalized spacial score (nSPS) is 15.7. The molecule has 1 aromatic carbocycles. The van der Waals surface area contributed by atoms with E-state index in [0.717, 1.165) is 27.0 Å². The molecule has 1 aliphatic carbocycles. The van der Waals surface area contributed by atoms with Crippen LogP contribution in [-0.2, 0) is 4.79 Å². The fourth-order valence-corrected chi connectivity index (χ4v) is 5.03. The Bertz CT molecular complexity index is 666. The minimum atomic E-state index is 0.0549. The smallest absolute Gasteiger partial charge is 0.226 e. The maximum Gasteiger partial charge on any atom is 0.226 e. The summed E-state index contributed by atoms with van der Waals surface area (Å²) in [4.78, 5) is 16.5. The predicted molar refractivity (Wildman–Crippen MR) is 98.7 cm³/mol. The highest BCUT2D eigenvalue weighted by Gasteiger charge is 2.14. The monoisotopic (exact) mass is 350 g/mol. The molecule has 0 unspecified atom stereocenters. The van der Waals surface area contributed by atoms with Gasteiger partial charge in [-0.2, -0.15) is 11.8 Å². The number of rotatable bonds is 6. The van der Waals surface area contributed by atoms with Crippen LogP contribution >= 0.6 is 23.1 Å². The number of nitrogens with zero attached hydrogens (tertiary/aromatic N) is 1.